The van der Waals surface area contributed by atoms with Crippen LogP contribution in [0.2, 0.25) is 0 Å². The predicted molar refractivity (Wildman–Crippen MR) is 78.8 cm³/mol. The molecule has 7 heteroatoms. The van der Waals surface area contributed by atoms with E-state index in [1.54, 1.807) is 24.0 Å². The van der Waals surface area contributed by atoms with E-state index in [1.165, 1.54) is 0 Å². The monoisotopic (exact) mass is 362 g/mol. The van der Waals surface area contributed by atoms with E-state index >= 15 is 0 Å². The molecule has 0 saturated carbocycles. The van der Waals surface area contributed by atoms with Crippen molar-refractivity contribution in [3.63, 3.8) is 0 Å². The number of carbonyl (C=O) groups excluding carboxylic acids is 2. The molecule has 1 aromatic rings. The lowest BCUT2D eigenvalue weighted by atomic mass is 10.0. The van der Waals surface area contributed by atoms with E-state index in [2.05, 4.69) is 21.2 Å². The molecule has 1 fully saturated rings. The Bertz CT molecular complexity index is 496. The summed E-state index contributed by atoms with van der Waals surface area (Å²) in [6.45, 7) is 2.90. The average Bonchev–Trinajstić information content (AvgIpc) is 2.85. The fraction of sp³-hybridized carbons (Fsp3) is 0.538. The van der Waals surface area contributed by atoms with Gasteiger partial charge in [-0.2, -0.15) is 0 Å². The molecule has 20 heavy (non-hydrogen) atoms. The molecule has 0 aromatic carbocycles. The lowest BCUT2D eigenvalue weighted by Gasteiger charge is -2.32. The van der Waals surface area contributed by atoms with Crippen LogP contribution in [0.5, 0.6) is 0 Å². The van der Waals surface area contributed by atoms with Crippen LogP contribution in [0, 0.1) is 0 Å². The molecule has 2 heterocycles. The van der Waals surface area contributed by atoms with Gasteiger partial charge in [0.2, 0.25) is 5.91 Å². The molecule has 1 saturated heterocycles. The maximum absolute atomic E-state index is 11.9. The highest BCUT2D eigenvalue weighted by atomic mass is 79.9. The molecule has 2 rings (SSSR count). The van der Waals surface area contributed by atoms with Gasteiger partial charge in [0.05, 0.1) is 0 Å². The van der Waals surface area contributed by atoms with Crippen molar-refractivity contribution in [3.8, 4) is 0 Å². The van der Waals surface area contributed by atoms with Gasteiger partial charge in [-0.25, -0.2) is 0 Å². The summed E-state index contributed by atoms with van der Waals surface area (Å²) in [7, 11) is 0. The van der Waals surface area contributed by atoms with Crippen LogP contribution in [0.3, 0.4) is 0 Å². The second kappa shape index (κ2) is 6.63. The number of piperidine rings is 1. The number of hydrogen-bond donors (Lipinski definition) is 1. The quantitative estimate of drug-likeness (QED) is 0.839. The number of amides is 2. The van der Waals surface area contributed by atoms with E-state index in [9.17, 15) is 9.59 Å². The summed E-state index contributed by atoms with van der Waals surface area (Å²) < 4.78 is 5.73. The van der Waals surface area contributed by atoms with Gasteiger partial charge in [0.15, 0.2) is 10.4 Å². The summed E-state index contributed by atoms with van der Waals surface area (Å²) in [4.78, 5) is 25.4. The van der Waals surface area contributed by atoms with Crippen molar-refractivity contribution in [3.05, 3.63) is 22.6 Å². The number of likely N-dealkylation sites (tertiary alicyclic amines) is 1. The summed E-state index contributed by atoms with van der Waals surface area (Å²) in [5, 5.41) is 2.41. The lowest BCUT2D eigenvalue weighted by molar-refractivity contribution is -0.131. The van der Waals surface area contributed by atoms with Crippen LogP contribution >= 0.6 is 27.5 Å². The molecular formula is C13H16BrClN2O3. The first-order valence-electron chi connectivity index (χ1n) is 6.46. The van der Waals surface area contributed by atoms with Gasteiger partial charge in [-0.3, -0.25) is 9.59 Å². The Balaban J connectivity index is 1.83. The highest BCUT2D eigenvalue weighted by Gasteiger charge is 2.26. The van der Waals surface area contributed by atoms with E-state index in [0.717, 1.165) is 12.8 Å². The number of carbonyl (C=O) groups is 2. The zero-order valence-electron chi connectivity index (χ0n) is 11.1. The van der Waals surface area contributed by atoms with Crippen molar-refractivity contribution in [1.29, 1.82) is 0 Å². The summed E-state index contributed by atoms with van der Waals surface area (Å²) in [6.07, 6.45) is 1.45. The second-order valence-electron chi connectivity index (χ2n) is 4.79. The lowest BCUT2D eigenvalue weighted by Crippen LogP contribution is -2.48. The third kappa shape index (κ3) is 3.76. The number of nitrogens with zero attached hydrogens (tertiary/aromatic N) is 1. The van der Waals surface area contributed by atoms with Crippen LogP contribution in [0.15, 0.2) is 21.2 Å². The van der Waals surface area contributed by atoms with Crippen molar-refractivity contribution in [2.24, 2.45) is 0 Å². The molecule has 0 radical (unpaired) electrons. The van der Waals surface area contributed by atoms with Gasteiger partial charge in [0.1, 0.15) is 5.38 Å². The number of hydrogen-bond acceptors (Lipinski definition) is 3. The first-order valence-corrected chi connectivity index (χ1v) is 7.69. The van der Waals surface area contributed by atoms with Crippen LogP contribution in [-0.2, 0) is 4.79 Å². The van der Waals surface area contributed by atoms with Crippen molar-refractivity contribution in [1.82, 2.24) is 10.2 Å². The Morgan fingerprint density at radius 1 is 1.45 bits per heavy atom. The molecule has 1 aliphatic rings. The fourth-order valence-corrected chi connectivity index (χ4v) is 2.63. The van der Waals surface area contributed by atoms with E-state index in [1.807, 2.05) is 0 Å². The molecule has 110 valence electrons. The summed E-state index contributed by atoms with van der Waals surface area (Å²) in [5.74, 6) is 0.00218. The maximum atomic E-state index is 11.9. The SMILES string of the molecule is CC(Cl)C(=O)N1CCC(NC(=O)c2ccc(Br)o2)CC1. The van der Waals surface area contributed by atoms with Crippen LogP contribution in [0.25, 0.3) is 0 Å². The largest absolute Gasteiger partial charge is 0.444 e. The second-order valence-corrected chi connectivity index (χ2v) is 6.23. The van der Waals surface area contributed by atoms with Crippen LogP contribution in [-0.4, -0.2) is 41.2 Å². The van der Waals surface area contributed by atoms with Gasteiger partial charge in [-0.1, -0.05) is 0 Å². The van der Waals surface area contributed by atoms with Crippen LogP contribution in [0.1, 0.15) is 30.3 Å². The Hall–Kier alpha value is -1.01. The van der Waals surface area contributed by atoms with E-state index in [4.69, 9.17) is 16.0 Å². The smallest absolute Gasteiger partial charge is 0.287 e. The molecule has 0 spiro atoms. The molecule has 1 N–H and O–H groups in total. The van der Waals surface area contributed by atoms with Crippen LogP contribution in [0.4, 0.5) is 0 Å². The minimum atomic E-state index is -0.499. The zero-order valence-corrected chi connectivity index (χ0v) is 13.4. The Kier molecular flexibility index (Phi) is 5.10. The zero-order chi connectivity index (χ0) is 14.7. The minimum Gasteiger partial charge on any atom is -0.444 e. The van der Waals surface area contributed by atoms with Crippen molar-refractivity contribution < 1.29 is 14.0 Å². The molecule has 0 bridgehead atoms. The van der Waals surface area contributed by atoms with E-state index in [0.29, 0.717) is 17.8 Å². The molecule has 1 aromatic heterocycles. The normalized spacial score (nSPS) is 17.9. The molecular weight excluding hydrogens is 348 g/mol. The highest BCUT2D eigenvalue weighted by molar-refractivity contribution is 9.10. The van der Waals surface area contributed by atoms with Gasteiger partial charge in [0.25, 0.3) is 5.91 Å². The Morgan fingerprint density at radius 3 is 2.60 bits per heavy atom. The molecule has 5 nitrogen and oxygen atoms in total. The Labute approximate surface area is 130 Å². The standard InChI is InChI=1S/C13H16BrClN2O3/c1-8(15)13(19)17-6-4-9(5-7-17)16-12(18)10-2-3-11(14)20-10/h2-3,8-9H,4-7H2,1H3,(H,16,18). The molecule has 1 aliphatic heterocycles. The van der Waals surface area contributed by atoms with Crippen LogP contribution < -0.4 is 5.32 Å². The predicted octanol–water partition coefficient (Wildman–Crippen LogP) is 2.39. The number of halogens is 2. The minimum absolute atomic E-state index is 0.0496. The molecule has 2 amide bonds. The molecule has 1 atom stereocenters. The van der Waals surface area contributed by atoms with E-state index in [-0.39, 0.29) is 23.6 Å². The summed E-state index contributed by atoms with van der Waals surface area (Å²) in [6, 6.07) is 3.35. The first-order chi connectivity index (χ1) is 9.47. The average molecular weight is 364 g/mol. The third-order valence-corrected chi connectivity index (χ3v) is 3.89. The number of nitrogens with one attached hydrogen (secondary N) is 1. The highest BCUT2D eigenvalue weighted by Crippen LogP contribution is 2.16. The topological polar surface area (TPSA) is 62.6 Å². The van der Waals surface area contributed by atoms with Crippen molar-refractivity contribution in [2.45, 2.75) is 31.2 Å². The number of furan rings is 1. The van der Waals surface area contributed by atoms with Gasteiger partial charge < -0.3 is 14.6 Å². The van der Waals surface area contributed by atoms with Crippen molar-refractivity contribution in [2.75, 3.05) is 13.1 Å². The molecule has 1 unspecified atom stereocenters. The van der Waals surface area contributed by atoms with Gasteiger partial charge in [0, 0.05) is 19.1 Å². The van der Waals surface area contributed by atoms with Gasteiger partial charge >= 0.3 is 0 Å². The van der Waals surface area contributed by atoms with Gasteiger partial charge in [-0.15, -0.1) is 11.6 Å². The molecule has 0 aliphatic carbocycles. The summed E-state index contributed by atoms with van der Waals surface area (Å²) in [5.41, 5.74) is 0. The van der Waals surface area contributed by atoms with E-state index < -0.39 is 5.38 Å². The first kappa shape index (κ1) is 15.4. The summed E-state index contributed by atoms with van der Waals surface area (Å²) >= 11 is 8.95. The maximum Gasteiger partial charge on any atom is 0.287 e. The van der Waals surface area contributed by atoms with Gasteiger partial charge in [-0.05, 0) is 47.8 Å². The third-order valence-electron chi connectivity index (χ3n) is 3.28. The van der Waals surface area contributed by atoms with Crippen molar-refractivity contribution >= 4 is 39.3 Å². The number of alkyl halides is 1. The fourth-order valence-electron chi connectivity index (χ4n) is 2.19. The Morgan fingerprint density at radius 2 is 2.10 bits per heavy atom. The number of rotatable bonds is 3.